The monoisotopic (exact) mass is 390 g/mol. The van der Waals surface area contributed by atoms with Crippen molar-refractivity contribution in [2.24, 2.45) is 0 Å². The van der Waals surface area contributed by atoms with E-state index >= 15 is 0 Å². The fourth-order valence-electron chi connectivity index (χ4n) is 4.21. The molecular weight excluding hydrogens is 364 g/mol. The van der Waals surface area contributed by atoms with Crippen molar-refractivity contribution in [1.82, 2.24) is 14.5 Å². The van der Waals surface area contributed by atoms with Crippen molar-refractivity contribution in [3.05, 3.63) is 66.7 Å². The van der Waals surface area contributed by atoms with E-state index in [0.29, 0.717) is 19.3 Å². The van der Waals surface area contributed by atoms with Gasteiger partial charge in [-0.15, -0.1) is 0 Å². The van der Waals surface area contributed by atoms with E-state index < -0.39 is 0 Å². The standard InChI is InChI=1S/C23H26N4O2/c1-5-20(15-24-9-1)27-11-3-6-21(27)17-26-10-2-4-19(16-26)25-18-7-8-22-23(14-18)29-13-12-28-22/h1,3,5-9,11,14-15,19,25H,2,4,10,12-13,16-17H2. The summed E-state index contributed by atoms with van der Waals surface area (Å²) in [7, 11) is 0. The summed E-state index contributed by atoms with van der Waals surface area (Å²) < 4.78 is 13.6. The van der Waals surface area contributed by atoms with Crippen molar-refractivity contribution in [1.29, 1.82) is 0 Å². The molecule has 2 aromatic heterocycles. The number of rotatable bonds is 5. The highest BCUT2D eigenvalue weighted by molar-refractivity contribution is 5.55. The van der Waals surface area contributed by atoms with Crippen LogP contribution in [0, 0.1) is 0 Å². The van der Waals surface area contributed by atoms with Crippen molar-refractivity contribution >= 4 is 5.69 Å². The molecule has 0 saturated carbocycles. The van der Waals surface area contributed by atoms with E-state index in [1.807, 2.05) is 24.5 Å². The quantitative estimate of drug-likeness (QED) is 0.720. The molecule has 1 fully saturated rings. The molecule has 6 heteroatoms. The molecule has 1 aromatic carbocycles. The van der Waals surface area contributed by atoms with Gasteiger partial charge in [0.1, 0.15) is 13.2 Å². The number of ether oxygens (including phenoxy) is 2. The molecule has 1 atom stereocenters. The number of fused-ring (bicyclic) bond motifs is 1. The Balaban J connectivity index is 1.24. The fourth-order valence-corrected chi connectivity index (χ4v) is 4.21. The average molecular weight is 390 g/mol. The lowest BCUT2D eigenvalue weighted by molar-refractivity contribution is 0.171. The van der Waals surface area contributed by atoms with Crippen LogP contribution < -0.4 is 14.8 Å². The largest absolute Gasteiger partial charge is 0.486 e. The molecule has 0 amide bonds. The molecule has 1 unspecified atom stereocenters. The smallest absolute Gasteiger partial charge is 0.163 e. The number of pyridine rings is 1. The zero-order valence-corrected chi connectivity index (χ0v) is 16.5. The zero-order chi connectivity index (χ0) is 19.5. The maximum atomic E-state index is 5.72. The zero-order valence-electron chi connectivity index (χ0n) is 16.5. The maximum absolute atomic E-state index is 5.72. The highest BCUT2D eigenvalue weighted by Gasteiger charge is 2.21. The van der Waals surface area contributed by atoms with Crippen molar-refractivity contribution in [3.8, 4) is 17.2 Å². The van der Waals surface area contributed by atoms with Crippen LogP contribution in [0.3, 0.4) is 0 Å². The topological polar surface area (TPSA) is 51.6 Å². The number of benzene rings is 1. The lowest BCUT2D eigenvalue weighted by atomic mass is 10.0. The van der Waals surface area contributed by atoms with E-state index in [1.165, 1.54) is 18.5 Å². The highest BCUT2D eigenvalue weighted by atomic mass is 16.6. The molecular formula is C23H26N4O2. The van der Waals surface area contributed by atoms with Crippen molar-refractivity contribution in [2.75, 3.05) is 31.6 Å². The Labute approximate surface area is 171 Å². The predicted octanol–water partition coefficient (Wildman–Crippen LogP) is 3.72. The molecule has 3 aromatic rings. The second-order valence-corrected chi connectivity index (χ2v) is 7.66. The minimum atomic E-state index is 0.424. The third-order valence-corrected chi connectivity index (χ3v) is 5.56. The minimum Gasteiger partial charge on any atom is -0.486 e. The number of hydrogen-bond acceptors (Lipinski definition) is 5. The SMILES string of the molecule is c1cncc(-n2cccc2CN2CCCC(Nc3ccc4c(c3)OCCO4)C2)c1. The number of aromatic nitrogens is 2. The molecule has 2 aliphatic heterocycles. The van der Waals surface area contributed by atoms with Gasteiger partial charge in [-0.3, -0.25) is 9.88 Å². The molecule has 1 saturated heterocycles. The van der Waals surface area contributed by atoms with Gasteiger partial charge in [0.15, 0.2) is 11.5 Å². The number of nitrogens with zero attached hydrogens (tertiary/aromatic N) is 3. The lowest BCUT2D eigenvalue weighted by Crippen LogP contribution is -2.41. The van der Waals surface area contributed by atoms with Gasteiger partial charge in [-0.25, -0.2) is 0 Å². The molecule has 0 bridgehead atoms. The van der Waals surface area contributed by atoms with Crippen LogP contribution in [0.4, 0.5) is 5.69 Å². The van der Waals surface area contributed by atoms with Crippen LogP contribution in [0.2, 0.25) is 0 Å². The summed E-state index contributed by atoms with van der Waals surface area (Å²) in [6.07, 6.45) is 8.20. The number of hydrogen-bond donors (Lipinski definition) is 1. The van der Waals surface area contributed by atoms with E-state index in [0.717, 1.165) is 42.5 Å². The molecule has 5 rings (SSSR count). The molecule has 1 N–H and O–H groups in total. The third-order valence-electron chi connectivity index (χ3n) is 5.56. The van der Waals surface area contributed by atoms with E-state index in [9.17, 15) is 0 Å². The summed E-state index contributed by atoms with van der Waals surface area (Å²) in [5.74, 6) is 1.67. The summed E-state index contributed by atoms with van der Waals surface area (Å²) >= 11 is 0. The Morgan fingerprint density at radius 1 is 1.07 bits per heavy atom. The van der Waals surface area contributed by atoms with Crippen LogP contribution in [0.25, 0.3) is 5.69 Å². The van der Waals surface area contributed by atoms with Crippen LogP contribution in [-0.4, -0.2) is 46.8 Å². The third kappa shape index (κ3) is 4.07. The summed E-state index contributed by atoms with van der Waals surface area (Å²) in [5, 5.41) is 3.69. The van der Waals surface area contributed by atoms with E-state index in [4.69, 9.17) is 9.47 Å². The van der Waals surface area contributed by atoms with Gasteiger partial charge in [-0.05, 0) is 55.8 Å². The molecule has 4 heterocycles. The van der Waals surface area contributed by atoms with Crippen LogP contribution in [-0.2, 0) is 6.54 Å². The molecule has 150 valence electrons. The van der Waals surface area contributed by atoms with Crippen LogP contribution in [0.15, 0.2) is 61.1 Å². The van der Waals surface area contributed by atoms with Crippen LogP contribution in [0.1, 0.15) is 18.5 Å². The maximum Gasteiger partial charge on any atom is 0.163 e. The van der Waals surface area contributed by atoms with Gasteiger partial charge in [-0.2, -0.15) is 0 Å². The average Bonchev–Trinajstić information content (AvgIpc) is 3.23. The Morgan fingerprint density at radius 2 is 2.00 bits per heavy atom. The van der Waals surface area contributed by atoms with Crippen molar-refractivity contribution in [2.45, 2.75) is 25.4 Å². The summed E-state index contributed by atoms with van der Waals surface area (Å²) in [5.41, 5.74) is 3.49. The molecule has 0 aliphatic carbocycles. The second kappa shape index (κ2) is 8.17. The first-order valence-corrected chi connectivity index (χ1v) is 10.3. The molecule has 29 heavy (non-hydrogen) atoms. The molecule has 0 radical (unpaired) electrons. The first-order valence-electron chi connectivity index (χ1n) is 10.3. The normalized spacial score (nSPS) is 19.1. The Bertz CT molecular complexity index is 957. The van der Waals surface area contributed by atoms with E-state index in [2.05, 4.69) is 56.3 Å². The van der Waals surface area contributed by atoms with E-state index in [-0.39, 0.29) is 0 Å². The summed E-state index contributed by atoms with van der Waals surface area (Å²) in [6.45, 7) is 4.31. The number of nitrogens with one attached hydrogen (secondary N) is 1. The first kappa shape index (κ1) is 18.1. The van der Waals surface area contributed by atoms with Gasteiger partial charge in [0.05, 0.1) is 11.9 Å². The molecule has 2 aliphatic rings. The van der Waals surface area contributed by atoms with Gasteiger partial charge in [0, 0.05) is 49.0 Å². The Morgan fingerprint density at radius 3 is 2.90 bits per heavy atom. The van der Waals surface area contributed by atoms with Crippen molar-refractivity contribution in [3.63, 3.8) is 0 Å². The van der Waals surface area contributed by atoms with Gasteiger partial charge >= 0.3 is 0 Å². The Kier molecular flexibility index (Phi) is 5.09. The number of piperidine rings is 1. The van der Waals surface area contributed by atoms with Gasteiger partial charge in [0.25, 0.3) is 0 Å². The first-order chi connectivity index (χ1) is 14.3. The van der Waals surface area contributed by atoms with Crippen LogP contribution in [0.5, 0.6) is 11.5 Å². The van der Waals surface area contributed by atoms with Crippen molar-refractivity contribution < 1.29 is 9.47 Å². The van der Waals surface area contributed by atoms with Crippen LogP contribution >= 0.6 is 0 Å². The molecule has 0 spiro atoms. The van der Waals surface area contributed by atoms with Gasteiger partial charge in [0.2, 0.25) is 0 Å². The number of likely N-dealkylation sites (tertiary alicyclic amines) is 1. The number of anilines is 1. The summed E-state index contributed by atoms with van der Waals surface area (Å²) in [6, 6.07) is 14.9. The van der Waals surface area contributed by atoms with Gasteiger partial charge in [-0.1, -0.05) is 0 Å². The molecule has 6 nitrogen and oxygen atoms in total. The lowest BCUT2D eigenvalue weighted by Gasteiger charge is -2.34. The predicted molar refractivity (Wildman–Crippen MR) is 113 cm³/mol. The second-order valence-electron chi connectivity index (χ2n) is 7.66. The fraction of sp³-hybridized carbons (Fsp3) is 0.348. The summed E-state index contributed by atoms with van der Waals surface area (Å²) in [4.78, 5) is 6.78. The Hall–Kier alpha value is -2.99. The van der Waals surface area contributed by atoms with Gasteiger partial charge < -0.3 is 19.4 Å². The van der Waals surface area contributed by atoms with E-state index in [1.54, 1.807) is 0 Å². The minimum absolute atomic E-state index is 0.424. The highest BCUT2D eigenvalue weighted by Crippen LogP contribution is 2.33.